The molecule has 0 saturated heterocycles. The number of hydrogen-bond acceptors (Lipinski definition) is 6. The Balaban J connectivity index is 1.83. The molecule has 3 rings (SSSR count). The number of nitrogen functional groups attached to an aromatic ring is 1. The Kier molecular flexibility index (Phi) is 3.12. The van der Waals surface area contributed by atoms with Gasteiger partial charge in [-0.25, -0.2) is 4.63 Å². The number of ether oxygens (including phenoxy) is 2. The lowest BCUT2D eigenvalue weighted by Crippen LogP contribution is -1.97. The summed E-state index contributed by atoms with van der Waals surface area (Å²) in [5.74, 6) is 1.37. The van der Waals surface area contributed by atoms with Crippen LogP contribution in [-0.2, 0) is 6.61 Å². The van der Waals surface area contributed by atoms with Crippen LogP contribution in [0.1, 0.15) is 5.56 Å². The monoisotopic (exact) mass is 271 g/mol. The van der Waals surface area contributed by atoms with Gasteiger partial charge < -0.3 is 15.2 Å². The predicted octanol–water partition coefficient (Wildman–Crippen LogP) is 2.39. The fourth-order valence-electron chi connectivity index (χ4n) is 1.90. The molecule has 0 aliphatic carbocycles. The molecule has 0 saturated carbocycles. The number of fused-ring (bicyclic) bond motifs is 1. The average molecular weight is 271 g/mol. The third-order valence-electron chi connectivity index (χ3n) is 2.94. The average Bonchev–Trinajstić information content (AvgIpc) is 2.97. The van der Waals surface area contributed by atoms with Crippen LogP contribution in [0.15, 0.2) is 41.0 Å². The van der Waals surface area contributed by atoms with E-state index in [1.807, 2.05) is 24.3 Å². The van der Waals surface area contributed by atoms with E-state index in [1.54, 1.807) is 19.2 Å². The lowest BCUT2D eigenvalue weighted by molar-refractivity contribution is 0.298. The number of aromatic nitrogens is 2. The van der Waals surface area contributed by atoms with Gasteiger partial charge in [0.15, 0.2) is 16.8 Å². The number of rotatable bonds is 4. The van der Waals surface area contributed by atoms with E-state index in [4.69, 9.17) is 19.8 Å². The fourth-order valence-corrected chi connectivity index (χ4v) is 1.90. The summed E-state index contributed by atoms with van der Waals surface area (Å²) < 4.78 is 15.6. The molecule has 0 radical (unpaired) electrons. The van der Waals surface area contributed by atoms with Gasteiger partial charge in [-0.15, -0.1) is 0 Å². The molecule has 0 atom stereocenters. The topological polar surface area (TPSA) is 83.4 Å². The molecule has 0 unspecified atom stereocenters. The van der Waals surface area contributed by atoms with Gasteiger partial charge in [0.2, 0.25) is 0 Å². The minimum absolute atomic E-state index is 0.392. The molecule has 0 aliphatic rings. The maximum absolute atomic E-state index is 5.78. The summed E-state index contributed by atoms with van der Waals surface area (Å²) >= 11 is 0. The van der Waals surface area contributed by atoms with Crippen molar-refractivity contribution >= 4 is 16.7 Å². The van der Waals surface area contributed by atoms with Crippen molar-refractivity contribution in [3.63, 3.8) is 0 Å². The molecule has 2 aromatic carbocycles. The van der Waals surface area contributed by atoms with Gasteiger partial charge in [0, 0.05) is 0 Å². The Morgan fingerprint density at radius 3 is 2.85 bits per heavy atom. The highest BCUT2D eigenvalue weighted by atomic mass is 16.6. The van der Waals surface area contributed by atoms with Gasteiger partial charge in [0.1, 0.15) is 12.4 Å². The van der Waals surface area contributed by atoms with Crippen LogP contribution in [-0.4, -0.2) is 17.4 Å². The number of methoxy groups -OCH3 is 1. The number of nitrogens with zero attached hydrogens (tertiary/aromatic N) is 2. The van der Waals surface area contributed by atoms with Gasteiger partial charge in [0.05, 0.1) is 12.8 Å². The van der Waals surface area contributed by atoms with Gasteiger partial charge in [-0.2, -0.15) is 0 Å². The van der Waals surface area contributed by atoms with Crippen molar-refractivity contribution in [1.29, 1.82) is 0 Å². The van der Waals surface area contributed by atoms with Crippen molar-refractivity contribution in [3.8, 4) is 11.5 Å². The highest BCUT2D eigenvalue weighted by molar-refractivity contribution is 5.90. The normalized spacial score (nSPS) is 10.7. The summed E-state index contributed by atoms with van der Waals surface area (Å²) in [7, 11) is 1.63. The van der Waals surface area contributed by atoms with E-state index in [0.717, 1.165) is 11.3 Å². The molecule has 6 nitrogen and oxygen atoms in total. The smallest absolute Gasteiger partial charge is 0.179 e. The standard InChI is InChI=1S/C14H13N3O3/c1-18-10-4-2-3-9(7-10)8-19-12-6-5-11(15)13-14(12)17-20-16-13/h2-7H,8,15H2,1H3. The second-order valence-electron chi connectivity index (χ2n) is 4.25. The first-order chi connectivity index (χ1) is 9.78. The zero-order valence-corrected chi connectivity index (χ0v) is 10.9. The molecule has 20 heavy (non-hydrogen) atoms. The van der Waals surface area contributed by atoms with Crippen LogP contribution in [0.4, 0.5) is 5.69 Å². The predicted molar refractivity (Wildman–Crippen MR) is 73.5 cm³/mol. The quantitative estimate of drug-likeness (QED) is 0.733. The minimum Gasteiger partial charge on any atom is -0.497 e. The Labute approximate surface area is 115 Å². The molecule has 102 valence electrons. The van der Waals surface area contributed by atoms with Crippen LogP contribution in [0.2, 0.25) is 0 Å². The second-order valence-corrected chi connectivity index (χ2v) is 4.25. The Morgan fingerprint density at radius 1 is 1.15 bits per heavy atom. The molecule has 3 aromatic rings. The van der Waals surface area contributed by atoms with Gasteiger partial charge in [-0.3, -0.25) is 0 Å². The molecule has 1 aromatic heterocycles. The second kappa shape index (κ2) is 5.08. The van der Waals surface area contributed by atoms with E-state index in [9.17, 15) is 0 Å². The molecule has 0 bridgehead atoms. The highest BCUT2D eigenvalue weighted by Crippen LogP contribution is 2.27. The summed E-state index contributed by atoms with van der Waals surface area (Å²) in [6.45, 7) is 0.392. The van der Waals surface area contributed by atoms with Crippen LogP contribution in [0.25, 0.3) is 11.0 Å². The molecule has 6 heteroatoms. The van der Waals surface area contributed by atoms with Crippen molar-refractivity contribution in [3.05, 3.63) is 42.0 Å². The SMILES string of the molecule is COc1cccc(COc2ccc(N)c3nonc23)c1. The molecule has 0 spiro atoms. The number of benzene rings is 2. The van der Waals surface area contributed by atoms with Crippen molar-refractivity contribution in [2.45, 2.75) is 6.61 Å². The van der Waals surface area contributed by atoms with E-state index >= 15 is 0 Å². The van der Waals surface area contributed by atoms with Gasteiger partial charge in [-0.1, -0.05) is 12.1 Å². The molecular formula is C14H13N3O3. The third kappa shape index (κ3) is 2.23. The molecule has 0 aliphatic heterocycles. The maximum Gasteiger partial charge on any atom is 0.179 e. The van der Waals surface area contributed by atoms with Crippen LogP contribution in [0.5, 0.6) is 11.5 Å². The molecule has 0 amide bonds. The lowest BCUT2D eigenvalue weighted by atomic mass is 10.2. The van der Waals surface area contributed by atoms with Crippen molar-refractivity contribution in [2.24, 2.45) is 0 Å². The van der Waals surface area contributed by atoms with Crippen molar-refractivity contribution in [1.82, 2.24) is 10.3 Å². The fraction of sp³-hybridized carbons (Fsp3) is 0.143. The van der Waals surface area contributed by atoms with Crippen LogP contribution in [0.3, 0.4) is 0 Å². The Bertz CT molecular complexity index is 739. The molecule has 0 fully saturated rings. The van der Waals surface area contributed by atoms with E-state index in [-0.39, 0.29) is 0 Å². The van der Waals surface area contributed by atoms with E-state index < -0.39 is 0 Å². The zero-order valence-electron chi connectivity index (χ0n) is 10.9. The lowest BCUT2D eigenvalue weighted by Gasteiger charge is -2.08. The summed E-state index contributed by atoms with van der Waals surface area (Å²) in [6, 6.07) is 11.1. The summed E-state index contributed by atoms with van der Waals surface area (Å²) in [5, 5.41) is 7.56. The zero-order chi connectivity index (χ0) is 13.9. The Morgan fingerprint density at radius 2 is 2.00 bits per heavy atom. The summed E-state index contributed by atoms with van der Waals surface area (Å²) in [5.41, 5.74) is 8.31. The van der Waals surface area contributed by atoms with Crippen LogP contribution >= 0.6 is 0 Å². The third-order valence-corrected chi connectivity index (χ3v) is 2.94. The number of nitrogens with two attached hydrogens (primary N) is 1. The summed E-state index contributed by atoms with van der Waals surface area (Å²) in [4.78, 5) is 0. The number of anilines is 1. The van der Waals surface area contributed by atoms with Crippen molar-refractivity contribution < 1.29 is 14.1 Å². The maximum atomic E-state index is 5.78. The van der Waals surface area contributed by atoms with Crippen LogP contribution < -0.4 is 15.2 Å². The Hall–Kier alpha value is -2.76. The number of hydrogen-bond donors (Lipinski definition) is 1. The summed E-state index contributed by atoms with van der Waals surface area (Å²) in [6.07, 6.45) is 0. The van der Waals surface area contributed by atoms with Gasteiger partial charge in [-0.05, 0) is 40.1 Å². The largest absolute Gasteiger partial charge is 0.497 e. The minimum atomic E-state index is 0.392. The molecule has 1 heterocycles. The van der Waals surface area contributed by atoms with Crippen molar-refractivity contribution in [2.75, 3.05) is 12.8 Å². The molecular weight excluding hydrogens is 258 g/mol. The first kappa shape index (κ1) is 12.3. The van der Waals surface area contributed by atoms with Gasteiger partial charge in [0.25, 0.3) is 0 Å². The first-order valence-corrected chi connectivity index (χ1v) is 6.04. The van der Waals surface area contributed by atoms with Gasteiger partial charge >= 0.3 is 0 Å². The van der Waals surface area contributed by atoms with Crippen LogP contribution in [0, 0.1) is 0 Å². The van der Waals surface area contributed by atoms with E-state index in [2.05, 4.69) is 10.3 Å². The first-order valence-electron chi connectivity index (χ1n) is 6.04. The van der Waals surface area contributed by atoms with E-state index in [0.29, 0.717) is 29.1 Å². The van der Waals surface area contributed by atoms with E-state index in [1.165, 1.54) is 0 Å². The molecule has 2 N–H and O–H groups in total. The highest BCUT2D eigenvalue weighted by Gasteiger charge is 2.11.